The zero-order valence-electron chi connectivity index (χ0n) is 12.6. The van der Waals surface area contributed by atoms with Crippen LogP contribution in [0.15, 0.2) is 66.0 Å². The summed E-state index contributed by atoms with van der Waals surface area (Å²) in [6.45, 7) is 2.02. The summed E-state index contributed by atoms with van der Waals surface area (Å²) in [5, 5.41) is 4.98. The zero-order chi connectivity index (χ0) is 16.2. The van der Waals surface area contributed by atoms with Crippen LogP contribution in [0.25, 0.3) is 0 Å². The average molecular weight is 325 g/mol. The number of hydrogen-bond donors (Lipinski definition) is 1. The zero-order valence-corrected chi connectivity index (χ0v) is 13.4. The van der Waals surface area contributed by atoms with Crippen molar-refractivity contribution in [3.63, 3.8) is 0 Å². The second kappa shape index (κ2) is 6.75. The van der Waals surface area contributed by atoms with Crippen molar-refractivity contribution < 1.29 is 9.18 Å². The molecule has 0 bridgehead atoms. The van der Waals surface area contributed by atoms with E-state index in [0.717, 1.165) is 16.0 Å². The van der Waals surface area contributed by atoms with E-state index in [4.69, 9.17) is 0 Å². The van der Waals surface area contributed by atoms with Crippen molar-refractivity contribution in [3.05, 3.63) is 93.4 Å². The molecule has 116 valence electrons. The maximum atomic E-state index is 13.3. The SMILES string of the molecule is Cc1ccc([C@@H](NC(=O)c2cccc(F)c2)c2cccs2)cc1. The molecule has 3 rings (SSSR count). The van der Waals surface area contributed by atoms with Gasteiger partial charge in [-0.2, -0.15) is 0 Å². The minimum atomic E-state index is -0.416. The minimum Gasteiger partial charge on any atom is -0.340 e. The van der Waals surface area contributed by atoms with Gasteiger partial charge >= 0.3 is 0 Å². The number of aryl methyl sites for hydroxylation is 1. The number of rotatable bonds is 4. The number of nitrogens with one attached hydrogen (secondary N) is 1. The Hall–Kier alpha value is -2.46. The fourth-order valence-electron chi connectivity index (χ4n) is 2.38. The molecule has 1 N–H and O–H groups in total. The number of benzene rings is 2. The Morgan fingerprint density at radius 2 is 1.87 bits per heavy atom. The number of halogens is 1. The van der Waals surface area contributed by atoms with E-state index in [1.165, 1.54) is 18.2 Å². The molecule has 0 aliphatic carbocycles. The van der Waals surface area contributed by atoms with Gasteiger partial charge in [0.1, 0.15) is 5.82 Å². The lowest BCUT2D eigenvalue weighted by Crippen LogP contribution is -2.28. The molecule has 3 aromatic rings. The molecule has 23 heavy (non-hydrogen) atoms. The quantitative estimate of drug-likeness (QED) is 0.739. The van der Waals surface area contributed by atoms with Crippen LogP contribution in [0.3, 0.4) is 0 Å². The second-order valence-electron chi connectivity index (χ2n) is 5.34. The first-order chi connectivity index (χ1) is 11.1. The third-order valence-corrected chi connectivity index (χ3v) is 4.54. The Balaban J connectivity index is 1.90. The highest BCUT2D eigenvalue weighted by atomic mass is 32.1. The van der Waals surface area contributed by atoms with Gasteiger partial charge in [-0.15, -0.1) is 11.3 Å². The predicted molar refractivity (Wildman–Crippen MR) is 91.2 cm³/mol. The molecule has 0 radical (unpaired) electrons. The van der Waals surface area contributed by atoms with Gasteiger partial charge in [0.2, 0.25) is 0 Å². The summed E-state index contributed by atoms with van der Waals surface area (Å²) in [6, 6.07) is 17.5. The van der Waals surface area contributed by atoms with E-state index >= 15 is 0 Å². The summed E-state index contributed by atoms with van der Waals surface area (Å²) in [5.41, 5.74) is 2.48. The van der Waals surface area contributed by atoms with Gasteiger partial charge in [0.05, 0.1) is 6.04 Å². The molecule has 1 aromatic heterocycles. The van der Waals surface area contributed by atoms with Gasteiger partial charge in [-0.3, -0.25) is 4.79 Å². The standard InChI is InChI=1S/C19H16FNOS/c1-13-7-9-14(10-8-13)18(17-6-3-11-23-17)21-19(22)15-4-2-5-16(20)12-15/h2-12,18H,1H3,(H,21,22)/t18-/m1/s1. The molecular formula is C19H16FNOS. The van der Waals surface area contributed by atoms with Crippen LogP contribution in [-0.4, -0.2) is 5.91 Å². The molecule has 0 unspecified atom stereocenters. The third-order valence-electron chi connectivity index (χ3n) is 3.60. The van der Waals surface area contributed by atoms with E-state index in [9.17, 15) is 9.18 Å². The summed E-state index contributed by atoms with van der Waals surface area (Å²) >= 11 is 1.58. The minimum absolute atomic E-state index is 0.244. The van der Waals surface area contributed by atoms with Crippen LogP contribution in [0.5, 0.6) is 0 Å². The molecule has 0 aliphatic rings. The molecule has 1 heterocycles. The fraction of sp³-hybridized carbons (Fsp3) is 0.105. The summed E-state index contributed by atoms with van der Waals surface area (Å²) in [7, 11) is 0. The molecule has 4 heteroatoms. The maximum Gasteiger partial charge on any atom is 0.252 e. The van der Waals surface area contributed by atoms with Gasteiger partial charge < -0.3 is 5.32 Å². The van der Waals surface area contributed by atoms with Crippen molar-refractivity contribution >= 4 is 17.2 Å². The number of carbonyl (C=O) groups excluding carboxylic acids is 1. The monoisotopic (exact) mass is 325 g/mol. The van der Waals surface area contributed by atoms with Crippen molar-refractivity contribution in [2.75, 3.05) is 0 Å². The van der Waals surface area contributed by atoms with Crippen LogP contribution in [0.4, 0.5) is 4.39 Å². The van der Waals surface area contributed by atoms with Crippen molar-refractivity contribution in [1.82, 2.24) is 5.32 Å². The summed E-state index contributed by atoms with van der Waals surface area (Å²) in [5.74, 6) is -0.705. The Labute approximate surface area is 138 Å². The molecule has 0 saturated carbocycles. The Kier molecular flexibility index (Phi) is 4.53. The second-order valence-corrected chi connectivity index (χ2v) is 6.32. The lowest BCUT2D eigenvalue weighted by Gasteiger charge is -2.18. The predicted octanol–water partition coefficient (Wildman–Crippen LogP) is 4.72. The fourth-order valence-corrected chi connectivity index (χ4v) is 3.18. The van der Waals surface area contributed by atoms with Gasteiger partial charge in [-0.25, -0.2) is 4.39 Å². The van der Waals surface area contributed by atoms with E-state index in [1.807, 2.05) is 48.7 Å². The Bertz CT molecular complexity index is 797. The molecule has 2 nitrogen and oxygen atoms in total. The first kappa shape index (κ1) is 15.4. The lowest BCUT2D eigenvalue weighted by atomic mass is 10.0. The largest absolute Gasteiger partial charge is 0.340 e. The lowest BCUT2D eigenvalue weighted by molar-refractivity contribution is 0.0943. The van der Waals surface area contributed by atoms with Crippen molar-refractivity contribution in [2.45, 2.75) is 13.0 Å². The molecule has 0 aliphatic heterocycles. The van der Waals surface area contributed by atoms with E-state index in [-0.39, 0.29) is 11.9 Å². The number of thiophene rings is 1. The Morgan fingerprint density at radius 1 is 1.09 bits per heavy atom. The first-order valence-electron chi connectivity index (χ1n) is 7.30. The average Bonchev–Trinajstić information content (AvgIpc) is 3.07. The summed E-state index contributed by atoms with van der Waals surface area (Å²) in [6.07, 6.45) is 0. The van der Waals surface area contributed by atoms with Crippen molar-refractivity contribution in [3.8, 4) is 0 Å². The van der Waals surface area contributed by atoms with Gasteiger partial charge in [-0.05, 0) is 42.1 Å². The molecule has 1 amide bonds. The van der Waals surface area contributed by atoms with Gasteiger partial charge in [0.15, 0.2) is 0 Å². The van der Waals surface area contributed by atoms with Gasteiger partial charge in [-0.1, -0.05) is 42.0 Å². The molecule has 0 spiro atoms. The van der Waals surface area contributed by atoms with Crippen LogP contribution >= 0.6 is 11.3 Å². The Morgan fingerprint density at radius 3 is 2.52 bits per heavy atom. The number of hydrogen-bond acceptors (Lipinski definition) is 2. The molecule has 0 saturated heterocycles. The van der Waals surface area contributed by atoms with Crippen LogP contribution in [-0.2, 0) is 0 Å². The first-order valence-corrected chi connectivity index (χ1v) is 8.18. The number of carbonyl (C=O) groups is 1. The van der Waals surface area contributed by atoms with Gasteiger partial charge in [0, 0.05) is 10.4 Å². The van der Waals surface area contributed by atoms with Crippen molar-refractivity contribution in [1.29, 1.82) is 0 Å². The molecular weight excluding hydrogens is 309 g/mol. The normalized spacial score (nSPS) is 11.9. The smallest absolute Gasteiger partial charge is 0.252 e. The van der Waals surface area contributed by atoms with Gasteiger partial charge in [0.25, 0.3) is 5.91 Å². The van der Waals surface area contributed by atoms with E-state index in [1.54, 1.807) is 17.4 Å². The van der Waals surface area contributed by atoms with E-state index in [0.29, 0.717) is 5.56 Å². The third kappa shape index (κ3) is 3.66. The summed E-state index contributed by atoms with van der Waals surface area (Å²) < 4.78 is 13.3. The van der Waals surface area contributed by atoms with E-state index in [2.05, 4.69) is 5.32 Å². The highest BCUT2D eigenvalue weighted by Gasteiger charge is 2.19. The highest BCUT2D eigenvalue weighted by Crippen LogP contribution is 2.26. The summed E-state index contributed by atoms with van der Waals surface area (Å²) in [4.78, 5) is 13.5. The number of amides is 1. The molecule has 2 aromatic carbocycles. The van der Waals surface area contributed by atoms with Crippen LogP contribution in [0.2, 0.25) is 0 Å². The van der Waals surface area contributed by atoms with Crippen LogP contribution in [0.1, 0.15) is 32.4 Å². The van der Waals surface area contributed by atoms with Crippen molar-refractivity contribution in [2.24, 2.45) is 0 Å². The molecule has 1 atom stereocenters. The highest BCUT2D eigenvalue weighted by molar-refractivity contribution is 7.10. The van der Waals surface area contributed by atoms with Crippen LogP contribution < -0.4 is 5.32 Å². The van der Waals surface area contributed by atoms with Crippen LogP contribution in [0, 0.1) is 12.7 Å². The maximum absolute atomic E-state index is 13.3. The molecule has 0 fully saturated rings. The topological polar surface area (TPSA) is 29.1 Å². The van der Waals surface area contributed by atoms with E-state index < -0.39 is 5.82 Å².